The number of nitrogens with zero attached hydrogens (tertiary/aromatic N) is 4. The number of aliphatic hydroxyl groups excluding tert-OH is 1. The first-order chi connectivity index (χ1) is 22.5. The number of carbonyl (C=O) groups is 1. The van der Waals surface area contributed by atoms with Crippen LogP contribution >= 0.6 is 0 Å². The van der Waals surface area contributed by atoms with Crippen molar-refractivity contribution in [3.05, 3.63) is 92.4 Å². The van der Waals surface area contributed by atoms with Gasteiger partial charge in [0.2, 0.25) is 5.91 Å². The largest absolute Gasteiger partial charge is 0.392 e. The maximum absolute atomic E-state index is 14.0. The first-order valence-corrected chi connectivity index (χ1v) is 17.2. The molecule has 0 atom stereocenters. The topological polar surface area (TPSA) is 157 Å². The van der Waals surface area contributed by atoms with Crippen LogP contribution in [-0.4, -0.2) is 65.3 Å². The average molecular weight is 664 g/mol. The quantitative estimate of drug-likeness (QED) is 0.229. The number of anilines is 1. The zero-order valence-corrected chi connectivity index (χ0v) is 28.0. The van der Waals surface area contributed by atoms with E-state index >= 15 is 0 Å². The number of amides is 1. The number of nitrogens with one attached hydrogen (secondary N) is 1. The Morgan fingerprint density at radius 2 is 1.81 bits per heavy atom. The van der Waals surface area contributed by atoms with Crippen LogP contribution in [0.25, 0.3) is 11.1 Å². The van der Waals surface area contributed by atoms with E-state index < -0.39 is 10.0 Å². The highest BCUT2D eigenvalue weighted by Gasteiger charge is 2.25. The van der Waals surface area contributed by atoms with E-state index in [1.165, 1.54) is 6.07 Å². The second kappa shape index (κ2) is 14.6. The van der Waals surface area contributed by atoms with Gasteiger partial charge in [-0.25, -0.2) is 13.4 Å². The summed E-state index contributed by atoms with van der Waals surface area (Å²) < 4.78 is 41.7. The molecule has 4 aromatic rings. The van der Waals surface area contributed by atoms with Gasteiger partial charge >= 0.3 is 0 Å². The van der Waals surface area contributed by atoms with Gasteiger partial charge in [0, 0.05) is 41.9 Å². The number of carbonyl (C=O) groups excluding carboxylic acids is 1. The van der Waals surface area contributed by atoms with E-state index in [4.69, 9.17) is 14.2 Å². The molecular weight excluding hydrogens is 622 g/mol. The van der Waals surface area contributed by atoms with Gasteiger partial charge in [-0.1, -0.05) is 54.9 Å². The molecule has 2 N–H and O–H groups in total. The monoisotopic (exact) mass is 663 g/mol. The third-order valence-electron chi connectivity index (χ3n) is 8.53. The Morgan fingerprint density at radius 1 is 1.06 bits per heavy atom. The van der Waals surface area contributed by atoms with Gasteiger partial charge in [-0.15, -0.1) is 0 Å². The van der Waals surface area contributed by atoms with Crippen LogP contribution in [0.4, 0.5) is 5.82 Å². The first-order valence-electron chi connectivity index (χ1n) is 15.8. The number of rotatable bonds is 12. The summed E-state index contributed by atoms with van der Waals surface area (Å²) in [6.45, 7) is 8.98. The summed E-state index contributed by atoms with van der Waals surface area (Å²) in [4.78, 5) is 33.6. The fraction of sp³-hybridized carbons (Fsp3) is 0.412. The molecule has 2 aromatic carbocycles. The molecule has 0 radical (unpaired) electrons. The Balaban J connectivity index is 1.49. The predicted molar refractivity (Wildman–Crippen MR) is 177 cm³/mol. The Bertz CT molecular complexity index is 1930. The van der Waals surface area contributed by atoms with Crippen molar-refractivity contribution >= 4 is 21.7 Å². The van der Waals surface area contributed by atoms with Crippen molar-refractivity contribution in [2.24, 2.45) is 0 Å². The summed E-state index contributed by atoms with van der Waals surface area (Å²) >= 11 is 0. The molecule has 1 fully saturated rings. The van der Waals surface area contributed by atoms with Gasteiger partial charge in [0.15, 0.2) is 5.82 Å². The minimum Gasteiger partial charge on any atom is -0.392 e. The number of aliphatic hydroxyl groups is 1. The molecule has 0 saturated carbocycles. The van der Waals surface area contributed by atoms with Gasteiger partial charge in [0.1, 0.15) is 11.6 Å². The van der Waals surface area contributed by atoms with Gasteiger partial charge in [-0.05, 0) is 49.9 Å². The number of hydrogen-bond acceptors (Lipinski definition) is 9. The number of aryl methyl sites for hydroxylation is 3. The van der Waals surface area contributed by atoms with Crippen molar-refractivity contribution in [3.8, 4) is 11.1 Å². The highest BCUT2D eigenvalue weighted by molar-refractivity contribution is 7.92. The van der Waals surface area contributed by atoms with Crippen LogP contribution in [0.5, 0.6) is 0 Å². The van der Waals surface area contributed by atoms with Crippen molar-refractivity contribution in [3.63, 3.8) is 0 Å². The van der Waals surface area contributed by atoms with Crippen molar-refractivity contribution < 1.29 is 27.6 Å². The van der Waals surface area contributed by atoms with Gasteiger partial charge in [-0.2, -0.15) is 0 Å². The van der Waals surface area contributed by atoms with Crippen LogP contribution in [0.15, 0.2) is 56.7 Å². The van der Waals surface area contributed by atoms with E-state index in [0.29, 0.717) is 77.8 Å². The number of benzene rings is 2. The third-order valence-corrected chi connectivity index (χ3v) is 9.93. The lowest BCUT2D eigenvalue weighted by atomic mass is 9.97. The van der Waals surface area contributed by atoms with E-state index in [2.05, 4.69) is 16.8 Å². The van der Waals surface area contributed by atoms with Gasteiger partial charge in [0.25, 0.3) is 15.6 Å². The number of aromatic nitrogens is 3. The molecule has 5 rings (SSSR count). The SMILES string of the molecule is CCCCc1nc(C)c(CC(=O)N2CCOCC2)c(=O)n1Cc1ccc(-c2ccccc2S(=O)(=O)Nc2noc(C)c2C)c(CO)c1. The summed E-state index contributed by atoms with van der Waals surface area (Å²) in [7, 11) is -4.08. The number of unbranched alkanes of at least 4 members (excludes halogenated alkanes) is 1. The van der Waals surface area contributed by atoms with E-state index in [1.807, 2.05) is 6.07 Å². The molecule has 1 aliphatic heterocycles. The predicted octanol–water partition coefficient (Wildman–Crippen LogP) is 3.91. The van der Waals surface area contributed by atoms with Crippen LogP contribution in [0.2, 0.25) is 0 Å². The molecule has 13 heteroatoms. The number of morpholine rings is 1. The standard InChI is InChI=1S/C34H41N5O7S/c1-5-6-11-31-35-23(3)29(19-32(41)38-14-16-45-17-15-38)34(42)39(31)20-25-12-13-27(26(18-25)21-40)28-9-7-8-10-30(28)47(43,44)37-33-22(2)24(4)46-36-33/h7-10,12-13,18,40H,5-6,11,14-17,19-21H2,1-4H3,(H,36,37). The van der Waals surface area contributed by atoms with E-state index in [9.17, 15) is 23.1 Å². The Hall–Kier alpha value is -4.33. The zero-order valence-electron chi connectivity index (χ0n) is 27.2. The van der Waals surface area contributed by atoms with Gasteiger partial charge in [-0.3, -0.25) is 18.9 Å². The summed E-state index contributed by atoms with van der Waals surface area (Å²) in [6.07, 6.45) is 2.31. The average Bonchev–Trinajstić information content (AvgIpc) is 3.38. The zero-order chi connectivity index (χ0) is 33.7. The van der Waals surface area contributed by atoms with E-state index in [1.54, 1.807) is 60.6 Å². The minimum atomic E-state index is -4.08. The first kappa shape index (κ1) is 34.0. The van der Waals surface area contributed by atoms with E-state index in [0.717, 1.165) is 18.4 Å². The Morgan fingerprint density at radius 3 is 2.49 bits per heavy atom. The summed E-state index contributed by atoms with van der Waals surface area (Å²) in [5, 5.41) is 14.3. The third kappa shape index (κ3) is 7.47. The van der Waals surface area contributed by atoms with Crippen molar-refractivity contribution in [1.82, 2.24) is 19.6 Å². The lowest BCUT2D eigenvalue weighted by Gasteiger charge is -2.27. The number of ether oxygens (including phenoxy) is 1. The normalized spacial score (nSPS) is 13.6. The van der Waals surface area contributed by atoms with E-state index in [-0.39, 0.29) is 41.8 Å². The molecule has 2 aromatic heterocycles. The number of hydrogen-bond donors (Lipinski definition) is 2. The molecule has 0 aliphatic carbocycles. The minimum absolute atomic E-state index is 0.0119. The molecule has 0 bridgehead atoms. The van der Waals surface area contributed by atoms with Crippen LogP contribution in [-0.2, 0) is 45.5 Å². The lowest BCUT2D eigenvalue weighted by molar-refractivity contribution is -0.134. The molecule has 1 aliphatic rings. The highest BCUT2D eigenvalue weighted by Crippen LogP contribution is 2.32. The molecule has 250 valence electrons. The second-order valence-electron chi connectivity index (χ2n) is 11.7. The summed E-state index contributed by atoms with van der Waals surface area (Å²) in [5.41, 5.74) is 3.38. The molecular formula is C34H41N5O7S. The molecule has 12 nitrogen and oxygen atoms in total. The van der Waals surface area contributed by atoms with Crippen molar-refractivity contribution in [1.29, 1.82) is 0 Å². The van der Waals surface area contributed by atoms with Crippen molar-refractivity contribution in [2.75, 3.05) is 31.0 Å². The van der Waals surface area contributed by atoms with Crippen LogP contribution < -0.4 is 10.3 Å². The van der Waals surface area contributed by atoms with Crippen LogP contribution in [0, 0.1) is 20.8 Å². The molecule has 1 saturated heterocycles. The molecule has 0 spiro atoms. The summed E-state index contributed by atoms with van der Waals surface area (Å²) in [6, 6.07) is 11.9. The van der Waals surface area contributed by atoms with Gasteiger partial charge in [0.05, 0.1) is 37.7 Å². The maximum Gasteiger partial charge on any atom is 0.263 e. The fourth-order valence-electron chi connectivity index (χ4n) is 5.66. The Labute approximate surface area is 274 Å². The smallest absolute Gasteiger partial charge is 0.263 e. The fourth-order valence-corrected chi connectivity index (χ4v) is 6.94. The number of sulfonamides is 1. The molecule has 3 heterocycles. The second-order valence-corrected chi connectivity index (χ2v) is 13.4. The van der Waals surface area contributed by atoms with Gasteiger partial charge < -0.3 is 19.3 Å². The Kier molecular flexibility index (Phi) is 10.6. The molecule has 1 amide bonds. The summed E-state index contributed by atoms with van der Waals surface area (Å²) in [5.74, 6) is 1.11. The van der Waals surface area contributed by atoms with Crippen LogP contribution in [0.3, 0.4) is 0 Å². The molecule has 0 unspecified atom stereocenters. The van der Waals surface area contributed by atoms with Crippen molar-refractivity contribution in [2.45, 2.75) is 71.4 Å². The maximum atomic E-state index is 14.0. The molecule has 47 heavy (non-hydrogen) atoms. The lowest BCUT2D eigenvalue weighted by Crippen LogP contribution is -2.42. The highest BCUT2D eigenvalue weighted by atomic mass is 32.2. The van der Waals surface area contributed by atoms with Crippen LogP contribution in [0.1, 0.15) is 59.3 Å².